The molecule has 0 bridgehead atoms. The first-order chi connectivity index (χ1) is 28.3. The molecule has 10 nitrogen and oxygen atoms in total. The quantitative estimate of drug-likeness (QED) is 0.0240. The summed E-state index contributed by atoms with van der Waals surface area (Å²) in [6, 6.07) is 44.2. The van der Waals surface area contributed by atoms with Crippen LogP contribution in [-0.2, 0) is 46.7 Å². The second-order valence-corrected chi connectivity index (χ2v) is 13.6. The number of hydrogen-bond acceptors (Lipinski definition) is 8. The Hall–Kier alpha value is -6.59. The van der Waals surface area contributed by atoms with Crippen LogP contribution in [0.15, 0.2) is 146 Å². The second-order valence-electron chi connectivity index (χ2n) is 13.6. The summed E-state index contributed by atoms with van der Waals surface area (Å²) in [4.78, 5) is 47.6. The molecule has 0 saturated heterocycles. The van der Waals surface area contributed by atoms with Crippen LogP contribution in [0.4, 0.5) is 0 Å². The van der Waals surface area contributed by atoms with E-state index in [4.69, 9.17) is 24.0 Å². The lowest BCUT2D eigenvalue weighted by Crippen LogP contribution is -2.15. The first-order valence-corrected chi connectivity index (χ1v) is 18.9. The van der Waals surface area contributed by atoms with Gasteiger partial charge in [0.15, 0.2) is 5.75 Å². The zero-order valence-corrected chi connectivity index (χ0v) is 31.9. The molecule has 0 saturated carbocycles. The van der Waals surface area contributed by atoms with E-state index in [-0.39, 0.29) is 23.3 Å². The molecular formula is C48H44O10. The minimum atomic E-state index is -1.20. The average Bonchev–Trinajstić information content (AvgIpc) is 3.23. The average molecular weight is 781 g/mol. The molecule has 58 heavy (non-hydrogen) atoms. The van der Waals surface area contributed by atoms with E-state index in [1.165, 1.54) is 6.07 Å². The van der Waals surface area contributed by atoms with Crippen LogP contribution >= 0.6 is 0 Å². The van der Waals surface area contributed by atoms with E-state index in [0.29, 0.717) is 69.2 Å². The number of aromatic carboxylic acids is 2. The van der Waals surface area contributed by atoms with Crippen LogP contribution in [0.5, 0.6) is 11.5 Å². The summed E-state index contributed by atoms with van der Waals surface area (Å²) in [7, 11) is 0. The molecule has 0 heterocycles. The lowest BCUT2D eigenvalue weighted by Gasteiger charge is -2.11. The van der Waals surface area contributed by atoms with Gasteiger partial charge in [0, 0.05) is 0 Å². The smallest absolute Gasteiger partial charge is 0.344 e. The summed E-state index contributed by atoms with van der Waals surface area (Å²) in [6.45, 7) is 1.87. The third-order valence-electron chi connectivity index (χ3n) is 9.31. The molecular weight excluding hydrogens is 737 g/mol. The summed E-state index contributed by atoms with van der Waals surface area (Å²) >= 11 is 0. The van der Waals surface area contributed by atoms with Gasteiger partial charge >= 0.3 is 17.9 Å². The summed E-state index contributed by atoms with van der Waals surface area (Å²) < 4.78 is 17.0. The largest absolute Gasteiger partial charge is 0.478 e. The van der Waals surface area contributed by atoms with Crippen molar-refractivity contribution in [3.05, 3.63) is 201 Å². The van der Waals surface area contributed by atoms with Gasteiger partial charge in [0.25, 0.3) is 0 Å². The van der Waals surface area contributed by atoms with Gasteiger partial charge in [-0.1, -0.05) is 103 Å². The molecule has 0 aromatic heterocycles. The highest BCUT2D eigenvalue weighted by molar-refractivity contribution is 6.03. The lowest BCUT2D eigenvalue weighted by molar-refractivity contribution is -0.217. The molecule has 0 aliphatic heterocycles. The number of carboxylic acid groups (broad SMARTS) is 2. The molecule has 6 aromatic carbocycles. The van der Waals surface area contributed by atoms with Crippen LogP contribution in [0.3, 0.4) is 0 Å². The van der Waals surface area contributed by atoms with Crippen LogP contribution in [-0.4, -0.2) is 54.5 Å². The fourth-order valence-corrected chi connectivity index (χ4v) is 6.27. The van der Waals surface area contributed by atoms with E-state index in [2.05, 4.69) is 0 Å². The number of hydrogen-bond donors (Lipinski definition) is 2. The first kappa shape index (κ1) is 41.1. The minimum Gasteiger partial charge on any atom is -0.478 e. The fraction of sp³-hybridized carbons (Fsp3) is 0.188. The van der Waals surface area contributed by atoms with E-state index in [1.807, 2.05) is 97.1 Å². The highest BCUT2D eigenvalue weighted by Gasteiger charge is 2.20. The molecule has 0 spiro atoms. The number of rotatable bonds is 21. The predicted molar refractivity (Wildman–Crippen MR) is 218 cm³/mol. The van der Waals surface area contributed by atoms with Crippen LogP contribution < -0.4 is 9.62 Å². The zero-order valence-electron chi connectivity index (χ0n) is 31.9. The molecule has 6 rings (SSSR count). The van der Waals surface area contributed by atoms with Crippen molar-refractivity contribution >= 4 is 17.9 Å². The second kappa shape index (κ2) is 21.1. The summed E-state index contributed by atoms with van der Waals surface area (Å²) in [5.41, 5.74) is 6.61. The van der Waals surface area contributed by atoms with Gasteiger partial charge in [0.2, 0.25) is 0 Å². The van der Waals surface area contributed by atoms with Crippen LogP contribution in [0.25, 0.3) is 0 Å². The number of ether oxygens (including phenoxy) is 3. The van der Waals surface area contributed by atoms with Gasteiger partial charge in [0.05, 0.1) is 43.1 Å². The Morgan fingerprint density at radius 2 is 0.931 bits per heavy atom. The van der Waals surface area contributed by atoms with Crippen molar-refractivity contribution in [1.29, 1.82) is 0 Å². The monoisotopic (exact) mass is 780 g/mol. The standard InChI is InChI=1S/C48H44O10/c49-46(50)43-21-15-38(29-36-7-3-1-4-8-36)31-40(43)33-56-58-42-19-13-35(14-20-42)24-26-55-28-27-54-25-23-34-11-17-41(18-12-34)57-48(53)45-32-39(16-22-44(45)47(51)52)30-37-9-5-2-6-10-37/h1-22,31-32H,23-30,33H2,(H,49,50)(H,51,52). The number of carbonyl (C=O) groups excluding carboxylic acids is 1. The van der Waals surface area contributed by atoms with Gasteiger partial charge in [-0.25, -0.2) is 14.4 Å². The Balaban J connectivity index is 0.856. The van der Waals surface area contributed by atoms with Gasteiger partial charge in [-0.3, -0.25) is 0 Å². The first-order valence-electron chi connectivity index (χ1n) is 18.9. The Morgan fingerprint density at radius 1 is 0.448 bits per heavy atom. The fourth-order valence-electron chi connectivity index (χ4n) is 6.27. The Morgan fingerprint density at radius 3 is 1.47 bits per heavy atom. The number of carboxylic acids is 2. The van der Waals surface area contributed by atoms with Gasteiger partial charge in [-0.2, -0.15) is 4.89 Å². The van der Waals surface area contributed by atoms with Crippen molar-refractivity contribution in [3.63, 3.8) is 0 Å². The Labute approximate surface area is 337 Å². The lowest BCUT2D eigenvalue weighted by atomic mass is 9.99. The van der Waals surface area contributed by atoms with Crippen molar-refractivity contribution < 1.29 is 48.6 Å². The van der Waals surface area contributed by atoms with Gasteiger partial charge in [-0.15, -0.1) is 0 Å². The van der Waals surface area contributed by atoms with Crippen molar-refractivity contribution in [2.75, 3.05) is 26.4 Å². The third-order valence-corrected chi connectivity index (χ3v) is 9.31. The SMILES string of the molecule is O=C(O)c1ccc(Cc2ccccc2)cc1COOc1ccc(CCOCCOCCc2ccc(OC(=O)c3cc(Cc4ccccc4)ccc3C(=O)O)cc2)cc1. The van der Waals surface area contributed by atoms with Crippen LogP contribution in [0.2, 0.25) is 0 Å². The van der Waals surface area contributed by atoms with Crippen LogP contribution in [0.1, 0.15) is 70.0 Å². The summed E-state index contributed by atoms with van der Waals surface area (Å²) in [5.74, 6) is -2.13. The molecule has 6 aromatic rings. The third kappa shape index (κ3) is 12.5. The molecule has 0 aliphatic rings. The van der Waals surface area contributed by atoms with E-state index in [9.17, 15) is 24.6 Å². The summed E-state index contributed by atoms with van der Waals surface area (Å²) in [5, 5.41) is 19.3. The topological polar surface area (TPSA) is 138 Å². The minimum absolute atomic E-state index is 0.00207. The Bertz CT molecular complexity index is 2250. The van der Waals surface area contributed by atoms with Gasteiger partial charge < -0.3 is 29.3 Å². The van der Waals surface area contributed by atoms with E-state index in [0.717, 1.165) is 33.4 Å². The number of benzene rings is 6. The molecule has 0 aliphatic carbocycles. The molecule has 296 valence electrons. The molecule has 10 heteroatoms. The number of carbonyl (C=O) groups is 3. The normalized spacial score (nSPS) is 10.9. The van der Waals surface area contributed by atoms with Gasteiger partial charge in [-0.05, 0) is 107 Å². The highest BCUT2D eigenvalue weighted by atomic mass is 17.2. The molecule has 0 amide bonds. The van der Waals surface area contributed by atoms with E-state index in [1.54, 1.807) is 42.5 Å². The molecule has 0 atom stereocenters. The van der Waals surface area contributed by atoms with E-state index >= 15 is 0 Å². The van der Waals surface area contributed by atoms with Gasteiger partial charge in [0.1, 0.15) is 12.4 Å². The van der Waals surface area contributed by atoms with Crippen LogP contribution in [0, 0.1) is 0 Å². The highest BCUT2D eigenvalue weighted by Crippen LogP contribution is 2.21. The zero-order chi connectivity index (χ0) is 40.5. The van der Waals surface area contributed by atoms with Crippen molar-refractivity contribution in [3.8, 4) is 11.5 Å². The van der Waals surface area contributed by atoms with Crippen molar-refractivity contribution in [2.45, 2.75) is 32.3 Å². The molecule has 0 radical (unpaired) electrons. The van der Waals surface area contributed by atoms with Crippen molar-refractivity contribution in [1.82, 2.24) is 0 Å². The van der Waals surface area contributed by atoms with Crippen molar-refractivity contribution in [2.24, 2.45) is 0 Å². The maximum Gasteiger partial charge on any atom is 0.344 e. The molecule has 0 unspecified atom stereocenters. The molecule has 2 N–H and O–H groups in total. The maximum atomic E-state index is 13.0. The maximum absolute atomic E-state index is 13.0. The predicted octanol–water partition coefficient (Wildman–Crippen LogP) is 8.81. The summed E-state index contributed by atoms with van der Waals surface area (Å²) in [6.07, 6.45) is 2.59. The number of esters is 1. The Kier molecular flexibility index (Phi) is 14.9. The molecule has 0 fully saturated rings. The van der Waals surface area contributed by atoms with E-state index < -0.39 is 17.9 Å².